The summed E-state index contributed by atoms with van der Waals surface area (Å²) in [6, 6.07) is 14.3. The molecule has 0 unspecified atom stereocenters. The van der Waals surface area contributed by atoms with Gasteiger partial charge in [0.2, 0.25) is 14.9 Å². The van der Waals surface area contributed by atoms with Crippen LogP contribution in [0.3, 0.4) is 0 Å². The smallest absolute Gasteiger partial charge is 0.227 e. The quantitative estimate of drug-likeness (QED) is 0.705. The van der Waals surface area contributed by atoms with E-state index in [-0.39, 0.29) is 9.92 Å². The van der Waals surface area contributed by atoms with Crippen LogP contribution >= 0.6 is 0 Å². The van der Waals surface area contributed by atoms with Crippen molar-refractivity contribution in [1.29, 1.82) is 0 Å². The number of nitrogens with zero attached hydrogens (tertiary/aromatic N) is 3. The number of hydrogen-bond donors (Lipinski definition) is 0. The first kappa shape index (κ1) is 17.0. The molecule has 0 atom stereocenters. The molecule has 3 aromatic rings. The van der Waals surface area contributed by atoms with Crippen molar-refractivity contribution in [3.8, 4) is 0 Å². The third kappa shape index (κ3) is 3.05. The van der Waals surface area contributed by atoms with Crippen molar-refractivity contribution in [3.05, 3.63) is 54.1 Å². The first-order valence-corrected chi connectivity index (χ1v) is 10.4. The van der Waals surface area contributed by atoms with Gasteiger partial charge in [-0.3, -0.25) is 0 Å². The molecular weight excluding hydrogens is 346 g/mol. The maximum absolute atomic E-state index is 13.3. The SMILES string of the molecule is Cc1ccc(S(=O)(=O)c2nc3ccccc3nc2N2CCCCC2)cc1. The molecule has 1 saturated heterocycles. The summed E-state index contributed by atoms with van der Waals surface area (Å²) >= 11 is 0. The summed E-state index contributed by atoms with van der Waals surface area (Å²) in [4.78, 5) is 11.5. The van der Waals surface area contributed by atoms with Crippen molar-refractivity contribution in [1.82, 2.24) is 9.97 Å². The van der Waals surface area contributed by atoms with Crippen LogP contribution in [0.2, 0.25) is 0 Å². The summed E-state index contributed by atoms with van der Waals surface area (Å²) in [6.45, 7) is 3.55. The number of rotatable bonds is 3. The lowest BCUT2D eigenvalue weighted by molar-refractivity contribution is 0.563. The van der Waals surface area contributed by atoms with Crippen LogP contribution in [0.1, 0.15) is 24.8 Å². The molecule has 0 saturated carbocycles. The van der Waals surface area contributed by atoms with Crippen LogP contribution in [0.4, 0.5) is 5.82 Å². The number of piperidine rings is 1. The first-order chi connectivity index (χ1) is 12.6. The van der Waals surface area contributed by atoms with Gasteiger partial charge in [0, 0.05) is 13.1 Å². The molecule has 0 radical (unpaired) electrons. The number of sulfone groups is 1. The lowest BCUT2D eigenvalue weighted by atomic mass is 10.1. The Labute approximate surface area is 153 Å². The van der Waals surface area contributed by atoms with E-state index < -0.39 is 9.84 Å². The highest BCUT2D eigenvalue weighted by molar-refractivity contribution is 7.91. The number of benzene rings is 2. The molecule has 134 valence electrons. The highest BCUT2D eigenvalue weighted by Gasteiger charge is 2.28. The second kappa shape index (κ2) is 6.68. The van der Waals surface area contributed by atoms with Crippen LogP contribution < -0.4 is 4.90 Å². The summed E-state index contributed by atoms with van der Waals surface area (Å²) in [6.07, 6.45) is 3.24. The summed E-state index contributed by atoms with van der Waals surface area (Å²) in [5.74, 6) is 0.476. The monoisotopic (exact) mass is 367 g/mol. The third-order valence-electron chi connectivity index (χ3n) is 4.76. The fourth-order valence-corrected chi connectivity index (χ4v) is 4.65. The zero-order chi connectivity index (χ0) is 18.1. The zero-order valence-electron chi connectivity index (χ0n) is 14.7. The molecule has 1 aliphatic heterocycles. The van der Waals surface area contributed by atoms with Crippen molar-refractivity contribution in [2.24, 2.45) is 0 Å². The number of aromatic nitrogens is 2. The Kier molecular flexibility index (Phi) is 4.36. The van der Waals surface area contributed by atoms with Crippen molar-refractivity contribution < 1.29 is 8.42 Å². The van der Waals surface area contributed by atoms with Crippen LogP contribution in [-0.4, -0.2) is 31.5 Å². The number of para-hydroxylation sites is 2. The van der Waals surface area contributed by atoms with Crippen LogP contribution in [0.25, 0.3) is 11.0 Å². The molecule has 6 heteroatoms. The van der Waals surface area contributed by atoms with Crippen LogP contribution in [0.5, 0.6) is 0 Å². The first-order valence-electron chi connectivity index (χ1n) is 8.89. The van der Waals surface area contributed by atoms with E-state index in [0.29, 0.717) is 11.3 Å². The Morgan fingerprint density at radius 2 is 1.46 bits per heavy atom. The second-order valence-corrected chi connectivity index (χ2v) is 8.57. The summed E-state index contributed by atoms with van der Waals surface area (Å²) < 4.78 is 26.6. The number of hydrogen-bond acceptors (Lipinski definition) is 5. The van der Waals surface area contributed by atoms with Gasteiger partial charge in [-0.05, 0) is 50.5 Å². The standard InChI is InChI=1S/C20H21N3O2S/c1-15-9-11-16(12-10-15)26(24,25)20-19(23-13-5-2-6-14-23)21-17-7-3-4-8-18(17)22-20/h3-4,7-12H,2,5-6,13-14H2,1H3. The van der Waals surface area contributed by atoms with E-state index in [9.17, 15) is 8.42 Å². The molecular formula is C20H21N3O2S. The normalized spacial score (nSPS) is 15.3. The van der Waals surface area contributed by atoms with E-state index in [1.807, 2.05) is 37.3 Å². The van der Waals surface area contributed by atoms with Gasteiger partial charge in [0.05, 0.1) is 15.9 Å². The average Bonchev–Trinajstić information content (AvgIpc) is 2.68. The molecule has 5 nitrogen and oxygen atoms in total. The Morgan fingerprint density at radius 1 is 0.846 bits per heavy atom. The predicted molar refractivity (Wildman–Crippen MR) is 102 cm³/mol. The van der Waals surface area contributed by atoms with Gasteiger partial charge in [0.15, 0.2) is 5.82 Å². The van der Waals surface area contributed by atoms with Gasteiger partial charge < -0.3 is 4.90 Å². The largest absolute Gasteiger partial charge is 0.354 e. The minimum Gasteiger partial charge on any atom is -0.354 e. The van der Waals surface area contributed by atoms with E-state index >= 15 is 0 Å². The van der Waals surface area contributed by atoms with Gasteiger partial charge in [-0.25, -0.2) is 18.4 Å². The Hall–Kier alpha value is -2.47. The number of anilines is 1. The molecule has 1 aromatic heterocycles. The fourth-order valence-electron chi connectivity index (χ4n) is 3.30. The van der Waals surface area contributed by atoms with Gasteiger partial charge >= 0.3 is 0 Å². The fraction of sp³-hybridized carbons (Fsp3) is 0.300. The molecule has 0 spiro atoms. The molecule has 4 rings (SSSR count). The van der Waals surface area contributed by atoms with E-state index in [4.69, 9.17) is 4.98 Å². The van der Waals surface area contributed by atoms with Gasteiger partial charge in [-0.15, -0.1) is 0 Å². The van der Waals surface area contributed by atoms with Gasteiger partial charge in [-0.1, -0.05) is 29.8 Å². The van der Waals surface area contributed by atoms with E-state index in [1.54, 1.807) is 18.2 Å². The molecule has 2 heterocycles. The lowest BCUT2D eigenvalue weighted by Gasteiger charge is -2.29. The topological polar surface area (TPSA) is 63.2 Å². The molecule has 0 aliphatic carbocycles. The second-order valence-electron chi connectivity index (χ2n) is 6.71. The van der Waals surface area contributed by atoms with Crippen LogP contribution in [0.15, 0.2) is 58.5 Å². The van der Waals surface area contributed by atoms with Crippen LogP contribution in [0, 0.1) is 6.92 Å². The highest BCUT2D eigenvalue weighted by Crippen LogP contribution is 2.31. The lowest BCUT2D eigenvalue weighted by Crippen LogP contribution is -2.32. The van der Waals surface area contributed by atoms with Crippen molar-refractivity contribution >= 4 is 26.7 Å². The van der Waals surface area contributed by atoms with Crippen LogP contribution in [-0.2, 0) is 9.84 Å². The molecule has 0 bridgehead atoms. The van der Waals surface area contributed by atoms with Crippen molar-refractivity contribution in [2.75, 3.05) is 18.0 Å². The molecule has 0 N–H and O–H groups in total. The Bertz CT molecular complexity index is 1040. The number of fused-ring (bicyclic) bond motifs is 1. The van der Waals surface area contributed by atoms with Gasteiger partial charge in [0.25, 0.3) is 0 Å². The minimum atomic E-state index is -3.74. The maximum atomic E-state index is 13.3. The summed E-state index contributed by atoms with van der Waals surface area (Å²) in [5.41, 5.74) is 2.33. The Morgan fingerprint density at radius 3 is 2.12 bits per heavy atom. The molecule has 2 aromatic carbocycles. The molecule has 1 aliphatic rings. The van der Waals surface area contributed by atoms with Gasteiger partial charge in [0.1, 0.15) is 0 Å². The average molecular weight is 367 g/mol. The predicted octanol–water partition coefficient (Wildman–Crippen LogP) is 3.76. The third-order valence-corrected chi connectivity index (χ3v) is 6.44. The minimum absolute atomic E-state index is 0.0574. The summed E-state index contributed by atoms with van der Waals surface area (Å²) in [5, 5.41) is 0.0574. The van der Waals surface area contributed by atoms with Crippen molar-refractivity contribution in [2.45, 2.75) is 36.1 Å². The van der Waals surface area contributed by atoms with E-state index in [1.165, 1.54) is 0 Å². The zero-order valence-corrected chi connectivity index (χ0v) is 15.5. The van der Waals surface area contributed by atoms with E-state index in [2.05, 4.69) is 9.88 Å². The Balaban J connectivity index is 1.92. The molecule has 1 fully saturated rings. The van der Waals surface area contributed by atoms with Gasteiger partial charge in [-0.2, -0.15) is 0 Å². The molecule has 0 amide bonds. The molecule has 26 heavy (non-hydrogen) atoms. The summed E-state index contributed by atoms with van der Waals surface area (Å²) in [7, 11) is -3.74. The highest BCUT2D eigenvalue weighted by atomic mass is 32.2. The maximum Gasteiger partial charge on any atom is 0.227 e. The number of aryl methyl sites for hydroxylation is 1. The van der Waals surface area contributed by atoms with Crippen molar-refractivity contribution in [3.63, 3.8) is 0 Å². The van der Waals surface area contributed by atoms with E-state index in [0.717, 1.165) is 43.4 Å².